The quantitative estimate of drug-likeness (QED) is 0.254. The number of likely N-dealkylation sites (tertiary alicyclic amines) is 1. The molecule has 0 spiro atoms. The van der Waals surface area contributed by atoms with Gasteiger partial charge in [-0.2, -0.15) is 0 Å². The molecule has 2 fully saturated rings. The lowest BCUT2D eigenvalue weighted by atomic mass is 9.90. The van der Waals surface area contributed by atoms with Gasteiger partial charge in [-0.3, -0.25) is 14.4 Å². The highest BCUT2D eigenvalue weighted by molar-refractivity contribution is 8.01. The Balaban J connectivity index is 1.51. The predicted molar refractivity (Wildman–Crippen MR) is 167 cm³/mol. The fraction of sp³-hybridized carbons (Fsp3) is 0.281. The molecular formula is C32H30Cl2N4O3S. The Kier molecular flexibility index (Phi) is 7.96. The first-order valence-electron chi connectivity index (χ1n) is 13.8. The van der Waals surface area contributed by atoms with Crippen LogP contribution in [0.5, 0.6) is 0 Å². The zero-order chi connectivity index (χ0) is 29.4. The van der Waals surface area contributed by atoms with E-state index in [2.05, 4.69) is 4.98 Å². The largest absolute Gasteiger partial charge is 0.361 e. The number of aromatic nitrogens is 1. The lowest BCUT2D eigenvalue weighted by Crippen LogP contribution is -2.56. The number of halogens is 2. The summed E-state index contributed by atoms with van der Waals surface area (Å²) in [5.41, 5.74) is 3.73. The van der Waals surface area contributed by atoms with Crippen LogP contribution in [0.3, 0.4) is 0 Å². The number of carbonyl (C=O) groups excluding carboxylic acids is 3. The number of aryl methyl sites for hydroxylation is 1. The van der Waals surface area contributed by atoms with Crippen molar-refractivity contribution in [3.63, 3.8) is 0 Å². The second-order valence-corrected chi connectivity index (χ2v) is 13.2. The molecule has 1 N–H and O–H groups in total. The van der Waals surface area contributed by atoms with Crippen LogP contribution < -0.4 is 0 Å². The van der Waals surface area contributed by atoms with Gasteiger partial charge in [0.05, 0.1) is 12.5 Å². The van der Waals surface area contributed by atoms with Crippen molar-refractivity contribution < 1.29 is 14.4 Å². The third-order valence-corrected chi connectivity index (χ3v) is 10.1. The summed E-state index contributed by atoms with van der Waals surface area (Å²) in [6, 6.07) is 20.6. The van der Waals surface area contributed by atoms with Crippen molar-refractivity contribution in [3.05, 3.63) is 99.7 Å². The molecule has 0 radical (unpaired) electrons. The van der Waals surface area contributed by atoms with Gasteiger partial charge in [0.15, 0.2) is 0 Å². The van der Waals surface area contributed by atoms with E-state index < -0.39 is 10.8 Å². The lowest BCUT2D eigenvalue weighted by Gasteiger charge is -2.42. The van der Waals surface area contributed by atoms with Crippen molar-refractivity contribution in [1.29, 1.82) is 0 Å². The van der Waals surface area contributed by atoms with E-state index in [0.717, 1.165) is 38.9 Å². The molecule has 3 amide bonds. The zero-order valence-corrected chi connectivity index (χ0v) is 25.4. The first-order chi connectivity index (χ1) is 20.3. The van der Waals surface area contributed by atoms with Gasteiger partial charge in [0.2, 0.25) is 18.2 Å². The standard InChI is InChI=1S/C32H30Cl2N4O3S/c1-21-2-9-25(10-3-21)42-32(31(41)37-14-12-36(20-39)13-15-37)17-29(40)38(19-22-4-6-23(33)7-5-22)30(32)27-18-35-28-16-24(34)8-11-26(27)28/h2-11,16,18,20,30,35H,12-15,17,19H2,1H3/t30-,32-/m0/s1. The van der Waals surface area contributed by atoms with E-state index in [1.807, 2.05) is 89.7 Å². The Hall–Kier alpha value is -3.46. The zero-order valence-electron chi connectivity index (χ0n) is 23.1. The average Bonchev–Trinajstić information content (AvgIpc) is 3.52. The van der Waals surface area contributed by atoms with Crippen LogP contribution in [0.15, 0.2) is 77.8 Å². The second-order valence-electron chi connectivity index (χ2n) is 10.9. The maximum atomic E-state index is 14.8. The molecule has 216 valence electrons. The number of aromatic amines is 1. The first-order valence-corrected chi connectivity index (χ1v) is 15.4. The van der Waals surface area contributed by atoms with E-state index >= 15 is 0 Å². The van der Waals surface area contributed by atoms with Crippen LogP contribution in [0.1, 0.15) is 29.2 Å². The molecule has 0 unspecified atom stereocenters. The van der Waals surface area contributed by atoms with Gasteiger partial charge in [0.25, 0.3) is 0 Å². The maximum absolute atomic E-state index is 14.8. The van der Waals surface area contributed by atoms with Crippen LogP contribution in [0.25, 0.3) is 10.9 Å². The smallest absolute Gasteiger partial charge is 0.242 e. The van der Waals surface area contributed by atoms with Crippen LogP contribution in [0.2, 0.25) is 10.0 Å². The summed E-state index contributed by atoms with van der Waals surface area (Å²) in [5.74, 6) is -0.198. The number of H-pyrrole nitrogens is 1. The fourth-order valence-electron chi connectivity index (χ4n) is 5.99. The minimum absolute atomic E-state index is 0.0385. The van der Waals surface area contributed by atoms with Gasteiger partial charge in [-0.25, -0.2) is 0 Å². The van der Waals surface area contributed by atoms with Crippen LogP contribution in [0.4, 0.5) is 0 Å². The number of nitrogens with zero attached hydrogens (tertiary/aromatic N) is 3. The van der Waals surface area contributed by atoms with Gasteiger partial charge in [-0.1, -0.05) is 59.1 Å². The number of carbonyl (C=O) groups is 3. The molecule has 0 bridgehead atoms. The Morgan fingerprint density at radius 2 is 1.69 bits per heavy atom. The Morgan fingerprint density at radius 1 is 1.00 bits per heavy atom. The molecule has 2 atom stereocenters. The molecule has 4 aromatic rings. The Bertz CT molecular complexity index is 1630. The average molecular weight is 622 g/mol. The number of thioether (sulfide) groups is 1. The minimum Gasteiger partial charge on any atom is -0.361 e. The normalized spacial score (nSPS) is 20.9. The van der Waals surface area contributed by atoms with Gasteiger partial charge in [0, 0.05) is 70.3 Å². The number of rotatable bonds is 7. The number of fused-ring (bicyclic) bond motifs is 1. The Labute approximate surface area is 258 Å². The molecule has 0 aliphatic carbocycles. The third kappa shape index (κ3) is 5.39. The molecule has 2 saturated heterocycles. The molecule has 7 nitrogen and oxygen atoms in total. The third-order valence-electron chi connectivity index (χ3n) is 8.16. The predicted octanol–water partition coefficient (Wildman–Crippen LogP) is 6.09. The molecule has 2 aliphatic heterocycles. The van der Waals surface area contributed by atoms with Crippen LogP contribution in [-0.2, 0) is 20.9 Å². The Morgan fingerprint density at radius 3 is 2.38 bits per heavy atom. The van der Waals surface area contributed by atoms with Crippen molar-refractivity contribution in [2.24, 2.45) is 0 Å². The molecule has 10 heteroatoms. The summed E-state index contributed by atoms with van der Waals surface area (Å²) in [6.45, 7) is 4.08. The van der Waals surface area contributed by atoms with Crippen molar-refractivity contribution in [3.8, 4) is 0 Å². The van der Waals surface area contributed by atoms with Gasteiger partial charge < -0.3 is 19.7 Å². The van der Waals surface area contributed by atoms with Crippen LogP contribution >= 0.6 is 35.0 Å². The molecule has 3 heterocycles. The number of hydrogen-bond donors (Lipinski definition) is 1. The summed E-state index contributed by atoms with van der Waals surface area (Å²) >= 11 is 13.9. The molecule has 2 aliphatic rings. The van der Waals surface area contributed by atoms with Gasteiger partial charge in [-0.05, 0) is 48.9 Å². The van der Waals surface area contributed by atoms with E-state index in [1.54, 1.807) is 4.90 Å². The summed E-state index contributed by atoms with van der Waals surface area (Å²) in [5, 5.41) is 2.12. The van der Waals surface area contributed by atoms with E-state index in [9.17, 15) is 14.4 Å². The van der Waals surface area contributed by atoms with E-state index in [1.165, 1.54) is 11.8 Å². The van der Waals surface area contributed by atoms with Gasteiger partial charge >= 0.3 is 0 Å². The van der Waals surface area contributed by atoms with Crippen molar-refractivity contribution in [2.75, 3.05) is 26.2 Å². The first kappa shape index (κ1) is 28.6. The molecule has 0 saturated carbocycles. The molecule has 6 rings (SSSR count). The van der Waals surface area contributed by atoms with E-state index in [0.29, 0.717) is 42.8 Å². The highest BCUT2D eigenvalue weighted by atomic mass is 35.5. The number of nitrogens with one attached hydrogen (secondary N) is 1. The monoisotopic (exact) mass is 620 g/mol. The number of benzene rings is 3. The number of amides is 3. The highest BCUT2D eigenvalue weighted by Gasteiger charge is 2.59. The topological polar surface area (TPSA) is 76.7 Å². The van der Waals surface area contributed by atoms with Crippen molar-refractivity contribution in [2.45, 2.75) is 35.6 Å². The van der Waals surface area contributed by atoms with Crippen LogP contribution in [0, 0.1) is 6.92 Å². The summed E-state index contributed by atoms with van der Waals surface area (Å²) in [7, 11) is 0. The minimum atomic E-state index is -1.16. The summed E-state index contributed by atoms with van der Waals surface area (Å²) < 4.78 is -1.16. The molecule has 3 aromatic carbocycles. The number of piperazine rings is 1. The summed E-state index contributed by atoms with van der Waals surface area (Å²) in [4.78, 5) is 49.9. The van der Waals surface area contributed by atoms with E-state index in [4.69, 9.17) is 23.2 Å². The molecular weight excluding hydrogens is 591 g/mol. The highest BCUT2D eigenvalue weighted by Crippen LogP contribution is 2.55. The number of hydrogen-bond acceptors (Lipinski definition) is 4. The summed E-state index contributed by atoms with van der Waals surface area (Å²) in [6.07, 6.45) is 2.77. The van der Waals surface area contributed by atoms with Crippen molar-refractivity contribution >= 4 is 64.1 Å². The lowest BCUT2D eigenvalue weighted by molar-refractivity contribution is -0.138. The van der Waals surface area contributed by atoms with Gasteiger partial charge in [-0.15, -0.1) is 11.8 Å². The van der Waals surface area contributed by atoms with Crippen LogP contribution in [-0.4, -0.2) is 68.8 Å². The maximum Gasteiger partial charge on any atom is 0.242 e. The second kappa shape index (κ2) is 11.7. The van der Waals surface area contributed by atoms with Crippen molar-refractivity contribution in [1.82, 2.24) is 19.7 Å². The molecule has 1 aromatic heterocycles. The van der Waals surface area contributed by atoms with E-state index in [-0.39, 0.29) is 18.2 Å². The fourth-order valence-corrected chi connectivity index (χ4v) is 7.76. The molecule has 42 heavy (non-hydrogen) atoms. The SMILES string of the molecule is Cc1ccc(S[C@@]2(C(=O)N3CCN(C=O)CC3)CC(=O)N(Cc3ccc(Cl)cc3)[C@H]2c2c[nH]c3cc(Cl)ccc23)cc1. The van der Waals surface area contributed by atoms with Gasteiger partial charge in [0.1, 0.15) is 4.75 Å².